The summed E-state index contributed by atoms with van der Waals surface area (Å²) in [5, 5.41) is 1.90. The van der Waals surface area contributed by atoms with Crippen molar-refractivity contribution in [1.82, 2.24) is 5.32 Å². The fraction of sp³-hybridized carbons (Fsp3) is 0.444. The van der Waals surface area contributed by atoms with Crippen LogP contribution in [-0.4, -0.2) is 36.4 Å². The summed E-state index contributed by atoms with van der Waals surface area (Å²) in [4.78, 5) is 45.6. The Balaban J connectivity index is 2.39. The number of urea groups is 1. The maximum Gasteiger partial charge on any atom is 0.318 e. The van der Waals surface area contributed by atoms with Gasteiger partial charge in [0.25, 0.3) is 5.91 Å². The van der Waals surface area contributed by atoms with Crippen molar-refractivity contribution >= 4 is 23.7 Å². The number of Topliss-reactive ketones (excluding diaryl/α,β-unsaturated/α-hetero) is 1. The quantitative estimate of drug-likeness (QED) is 0.391. The van der Waals surface area contributed by atoms with E-state index in [9.17, 15) is 19.2 Å². The number of nitrogens with one attached hydrogen (secondary N) is 1. The van der Waals surface area contributed by atoms with Crippen molar-refractivity contribution in [1.29, 1.82) is 0 Å². The molecule has 26 heavy (non-hydrogen) atoms. The molecule has 0 heterocycles. The van der Waals surface area contributed by atoms with E-state index in [1.807, 2.05) is 5.32 Å². The van der Waals surface area contributed by atoms with Crippen LogP contribution in [0.15, 0.2) is 24.3 Å². The van der Waals surface area contributed by atoms with Crippen LogP contribution in [0.5, 0.6) is 5.75 Å². The van der Waals surface area contributed by atoms with Gasteiger partial charge in [-0.15, -0.1) is 0 Å². The number of nitrogens with two attached hydrogens (primary N) is 1. The highest BCUT2D eigenvalue weighted by atomic mass is 16.5. The zero-order valence-corrected chi connectivity index (χ0v) is 15.1. The van der Waals surface area contributed by atoms with Gasteiger partial charge < -0.3 is 15.2 Å². The maximum absolute atomic E-state index is 11.9. The average Bonchev–Trinajstić information content (AvgIpc) is 2.56. The van der Waals surface area contributed by atoms with Gasteiger partial charge in [-0.05, 0) is 43.5 Å². The zero-order chi connectivity index (χ0) is 19.7. The predicted octanol–water partition coefficient (Wildman–Crippen LogP) is 1.81. The Morgan fingerprint density at radius 1 is 1.12 bits per heavy atom. The average molecular weight is 364 g/mol. The molecule has 1 aromatic rings. The zero-order valence-electron chi connectivity index (χ0n) is 15.1. The molecule has 3 amide bonds. The van der Waals surface area contributed by atoms with E-state index in [1.54, 1.807) is 38.1 Å². The predicted molar refractivity (Wildman–Crippen MR) is 93.6 cm³/mol. The van der Waals surface area contributed by atoms with E-state index in [2.05, 4.69) is 0 Å². The monoisotopic (exact) mass is 364 g/mol. The number of imide groups is 1. The number of rotatable bonds is 9. The fourth-order valence-electron chi connectivity index (χ4n) is 2.08. The molecule has 0 saturated heterocycles. The highest BCUT2D eigenvalue weighted by Gasteiger charge is 2.27. The normalized spacial score (nSPS) is 11.5. The van der Waals surface area contributed by atoms with E-state index < -0.39 is 24.0 Å². The van der Waals surface area contributed by atoms with Crippen molar-refractivity contribution in [3.05, 3.63) is 29.8 Å². The lowest BCUT2D eigenvalue weighted by atomic mass is 10.1. The first-order valence-electron chi connectivity index (χ1n) is 8.24. The van der Waals surface area contributed by atoms with Crippen LogP contribution in [0.3, 0.4) is 0 Å². The Labute approximate surface area is 152 Å². The van der Waals surface area contributed by atoms with Gasteiger partial charge in [-0.25, -0.2) is 4.79 Å². The third-order valence-electron chi connectivity index (χ3n) is 3.42. The summed E-state index contributed by atoms with van der Waals surface area (Å²) in [5.41, 5.74) is 5.49. The lowest BCUT2D eigenvalue weighted by Gasteiger charge is -2.19. The second kappa shape index (κ2) is 10.2. The van der Waals surface area contributed by atoms with E-state index in [0.29, 0.717) is 17.7 Å². The van der Waals surface area contributed by atoms with Crippen LogP contribution in [-0.2, 0) is 14.3 Å². The van der Waals surface area contributed by atoms with Crippen molar-refractivity contribution in [2.24, 2.45) is 11.7 Å². The Hall–Kier alpha value is -2.90. The molecule has 0 fully saturated rings. The number of ether oxygens (including phenoxy) is 2. The summed E-state index contributed by atoms with van der Waals surface area (Å²) in [6.07, 6.45) is -0.649. The number of carbonyl (C=O) groups is 4. The Kier molecular flexibility index (Phi) is 8.27. The molecule has 8 nitrogen and oxygen atoms in total. The molecular formula is C18H24N2O6. The SMILES string of the molecule is CC(=O)c1ccc(OCCCC(=O)O[C@@H](C(=O)NC(N)=O)C(C)C)cc1. The summed E-state index contributed by atoms with van der Waals surface area (Å²) in [6, 6.07) is 5.68. The number of hydrogen-bond donors (Lipinski definition) is 2. The second-order valence-corrected chi connectivity index (χ2v) is 6.04. The van der Waals surface area contributed by atoms with Crippen LogP contribution in [0.4, 0.5) is 4.79 Å². The first-order chi connectivity index (χ1) is 12.2. The van der Waals surface area contributed by atoms with Crippen LogP contribution in [0.25, 0.3) is 0 Å². The Morgan fingerprint density at radius 3 is 2.23 bits per heavy atom. The van der Waals surface area contributed by atoms with Gasteiger partial charge in [0.1, 0.15) is 5.75 Å². The van der Waals surface area contributed by atoms with E-state index >= 15 is 0 Å². The molecule has 0 aliphatic heterocycles. The highest BCUT2D eigenvalue weighted by Crippen LogP contribution is 2.14. The highest BCUT2D eigenvalue weighted by molar-refractivity contribution is 5.96. The maximum atomic E-state index is 11.9. The second-order valence-electron chi connectivity index (χ2n) is 6.04. The summed E-state index contributed by atoms with van der Waals surface area (Å²) in [6.45, 7) is 5.13. The third kappa shape index (κ3) is 7.33. The summed E-state index contributed by atoms with van der Waals surface area (Å²) in [5.74, 6) is -1.07. The van der Waals surface area contributed by atoms with Gasteiger partial charge in [0.15, 0.2) is 11.9 Å². The van der Waals surface area contributed by atoms with Gasteiger partial charge in [0, 0.05) is 12.0 Å². The molecule has 3 N–H and O–H groups in total. The van der Waals surface area contributed by atoms with Gasteiger partial charge in [-0.1, -0.05) is 13.8 Å². The Bertz CT molecular complexity index is 654. The minimum atomic E-state index is -1.09. The van der Waals surface area contributed by atoms with Crippen molar-refractivity contribution in [2.45, 2.75) is 39.7 Å². The molecule has 1 atom stereocenters. The number of hydrogen-bond acceptors (Lipinski definition) is 6. The van der Waals surface area contributed by atoms with Gasteiger partial charge >= 0.3 is 12.0 Å². The molecular weight excluding hydrogens is 340 g/mol. The van der Waals surface area contributed by atoms with Crippen LogP contribution in [0.1, 0.15) is 44.0 Å². The fourth-order valence-corrected chi connectivity index (χ4v) is 2.08. The molecule has 0 spiro atoms. The van der Waals surface area contributed by atoms with Gasteiger partial charge in [-0.2, -0.15) is 0 Å². The van der Waals surface area contributed by atoms with E-state index in [1.165, 1.54) is 6.92 Å². The Morgan fingerprint density at radius 2 is 1.73 bits per heavy atom. The number of carbonyl (C=O) groups excluding carboxylic acids is 4. The van der Waals surface area contributed by atoms with Gasteiger partial charge in [-0.3, -0.25) is 19.7 Å². The number of amides is 3. The van der Waals surface area contributed by atoms with Crippen molar-refractivity contribution in [3.8, 4) is 5.75 Å². The molecule has 0 saturated carbocycles. The number of esters is 1. The summed E-state index contributed by atoms with van der Waals surface area (Å²) < 4.78 is 10.6. The van der Waals surface area contributed by atoms with Crippen molar-refractivity contribution < 1.29 is 28.7 Å². The summed E-state index contributed by atoms with van der Waals surface area (Å²) in [7, 11) is 0. The number of primary amides is 1. The van der Waals surface area contributed by atoms with Crippen molar-refractivity contribution in [3.63, 3.8) is 0 Å². The van der Waals surface area contributed by atoms with Gasteiger partial charge in [0.05, 0.1) is 6.61 Å². The topological polar surface area (TPSA) is 125 Å². The number of ketones is 1. The molecule has 142 valence electrons. The first-order valence-corrected chi connectivity index (χ1v) is 8.24. The van der Waals surface area contributed by atoms with Crippen LogP contribution in [0.2, 0.25) is 0 Å². The molecule has 0 unspecified atom stereocenters. The largest absolute Gasteiger partial charge is 0.494 e. The lowest BCUT2D eigenvalue weighted by molar-refractivity contribution is -0.158. The van der Waals surface area contributed by atoms with Gasteiger partial charge in [0.2, 0.25) is 0 Å². The lowest BCUT2D eigenvalue weighted by Crippen LogP contribution is -2.45. The van der Waals surface area contributed by atoms with E-state index in [-0.39, 0.29) is 24.7 Å². The molecule has 0 aliphatic rings. The smallest absolute Gasteiger partial charge is 0.318 e. The minimum Gasteiger partial charge on any atom is -0.494 e. The van der Waals surface area contributed by atoms with Crippen LogP contribution < -0.4 is 15.8 Å². The number of benzene rings is 1. The molecule has 1 aromatic carbocycles. The molecule has 0 aromatic heterocycles. The molecule has 0 bridgehead atoms. The molecule has 0 aliphatic carbocycles. The standard InChI is InChI=1S/C18H24N2O6/c1-11(2)16(17(23)20-18(19)24)26-15(22)5-4-10-25-14-8-6-13(7-9-14)12(3)21/h6-9,11,16H,4-5,10H2,1-3H3,(H3,19,20,23,24)/t16-/m1/s1. The summed E-state index contributed by atoms with van der Waals surface area (Å²) >= 11 is 0. The van der Waals surface area contributed by atoms with Crippen LogP contribution in [0, 0.1) is 5.92 Å². The van der Waals surface area contributed by atoms with E-state index in [4.69, 9.17) is 15.2 Å². The minimum absolute atomic E-state index is 0.0284. The van der Waals surface area contributed by atoms with E-state index in [0.717, 1.165) is 0 Å². The molecule has 1 rings (SSSR count). The third-order valence-corrected chi connectivity index (χ3v) is 3.42. The van der Waals surface area contributed by atoms with Crippen LogP contribution >= 0.6 is 0 Å². The van der Waals surface area contributed by atoms with Crippen molar-refractivity contribution in [2.75, 3.05) is 6.61 Å². The molecule has 8 heteroatoms. The molecule has 0 radical (unpaired) electrons. The first kappa shape index (κ1) is 21.1.